The van der Waals surface area contributed by atoms with E-state index in [1.807, 2.05) is 0 Å². The van der Waals surface area contributed by atoms with Crippen molar-refractivity contribution in [2.24, 2.45) is 5.73 Å². The van der Waals surface area contributed by atoms with Gasteiger partial charge in [0.15, 0.2) is 0 Å². The lowest BCUT2D eigenvalue weighted by molar-refractivity contribution is -0.384. The predicted molar refractivity (Wildman–Crippen MR) is 96.2 cm³/mol. The summed E-state index contributed by atoms with van der Waals surface area (Å²) in [4.78, 5) is 35.7. The SMILES string of the molecule is CCOC(=O)C1=C(C)NC(N)=C(C(=O)OCC)[C@@H]1c1cccc([N+](=O)[O-])c1. The normalized spacial score (nSPS) is 16.6. The lowest BCUT2D eigenvalue weighted by Crippen LogP contribution is -2.36. The van der Waals surface area contributed by atoms with E-state index < -0.39 is 22.8 Å². The molecule has 2 rings (SSSR count). The molecule has 0 aromatic heterocycles. The van der Waals surface area contributed by atoms with E-state index in [4.69, 9.17) is 15.2 Å². The lowest BCUT2D eigenvalue weighted by Gasteiger charge is -2.29. The molecule has 0 saturated carbocycles. The molecule has 1 aromatic carbocycles. The molecule has 1 aromatic rings. The van der Waals surface area contributed by atoms with E-state index in [0.29, 0.717) is 11.3 Å². The highest BCUT2D eigenvalue weighted by atomic mass is 16.6. The number of carbonyl (C=O) groups excluding carboxylic acids is 2. The van der Waals surface area contributed by atoms with Gasteiger partial charge >= 0.3 is 11.9 Å². The second-order valence-electron chi connectivity index (χ2n) is 5.72. The fourth-order valence-corrected chi connectivity index (χ4v) is 2.92. The first kappa shape index (κ1) is 20.0. The Morgan fingerprint density at radius 1 is 1.19 bits per heavy atom. The number of hydrogen-bond acceptors (Lipinski definition) is 8. The van der Waals surface area contributed by atoms with Crippen molar-refractivity contribution in [2.45, 2.75) is 26.7 Å². The number of allylic oxidation sites excluding steroid dienone is 1. The van der Waals surface area contributed by atoms with Crippen LogP contribution in [0.2, 0.25) is 0 Å². The molecule has 0 saturated heterocycles. The van der Waals surface area contributed by atoms with E-state index in [9.17, 15) is 19.7 Å². The van der Waals surface area contributed by atoms with Gasteiger partial charge in [-0.1, -0.05) is 12.1 Å². The molecule has 0 spiro atoms. The molecule has 0 amide bonds. The molecule has 0 unspecified atom stereocenters. The molecule has 1 heterocycles. The summed E-state index contributed by atoms with van der Waals surface area (Å²) in [5.74, 6) is -2.29. The van der Waals surface area contributed by atoms with Crippen LogP contribution in [0, 0.1) is 10.1 Å². The number of carbonyl (C=O) groups is 2. The van der Waals surface area contributed by atoms with Gasteiger partial charge in [-0.15, -0.1) is 0 Å². The van der Waals surface area contributed by atoms with Crippen LogP contribution in [0.1, 0.15) is 32.3 Å². The number of nitro benzene ring substituents is 1. The second kappa shape index (κ2) is 8.35. The molecule has 0 fully saturated rings. The first-order valence-electron chi connectivity index (χ1n) is 8.37. The first-order chi connectivity index (χ1) is 12.8. The van der Waals surface area contributed by atoms with E-state index in [1.165, 1.54) is 18.2 Å². The van der Waals surface area contributed by atoms with Gasteiger partial charge in [0.1, 0.15) is 5.82 Å². The van der Waals surface area contributed by atoms with Gasteiger partial charge < -0.3 is 20.5 Å². The van der Waals surface area contributed by atoms with Gasteiger partial charge in [-0.3, -0.25) is 10.1 Å². The number of dihydropyridines is 1. The van der Waals surface area contributed by atoms with Crippen molar-refractivity contribution in [3.63, 3.8) is 0 Å². The van der Waals surface area contributed by atoms with Crippen molar-refractivity contribution in [1.29, 1.82) is 0 Å². The molecule has 0 aliphatic carbocycles. The molecular formula is C18H21N3O6. The summed E-state index contributed by atoms with van der Waals surface area (Å²) in [5.41, 5.74) is 6.75. The zero-order valence-electron chi connectivity index (χ0n) is 15.3. The number of nitrogens with two attached hydrogens (primary N) is 1. The molecule has 144 valence electrons. The Bertz CT molecular complexity index is 803. The Morgan fingerprint density at radius 3 is 2.33 bits per heavy atom. The summed E-state index contributed by atoms with van der Waals surface area (Å²) in [6.07, 6.45) is 0. The number of nitrogens with zero attached hydrogens (tertiary/aromatic N) is 1. The maximum absolute atomic E-state index is 12.6. The Balaban J connectivity index is 2.68. The van der Waals surface area contributed by atoms with Gasteiger partial charge in [-0.2, -0.15) is 0 Å². The van der Waals surface area contributed by atoms with Crippen molar-refractivity contribution in [2.75, 3.05) is 13.2 Å². The maximum atomic E-state index is 12.6. The van der Waals surface area contributed by atoms with E-state index in [-0.39, 0.29) is 35.9 Å². The Kier molecular flexibility index (Phi) is 6.17. The number of nitro groups is 1. The molecule has 0 radical (unpaired) electrons. The fraction of sp³-hybridized carbons (Fsp3) is 0.333. The van der Waals surface area contributed by atoms with Crippen molar-refractivity contribution >= 4 is 17.6 Å². The van der Waals surface area contributed by atoms with E-state index in [1.54, 1.807) is 26.8 Å². The van der Waals surface area contributed by atoms with Crippen molar-refractivity contribution in [3.8, 4) is 0 Å². The summed E-state index contributed by atoms with van der Waals surface area (Å²) in [6, 6.07) is 5.69. The molecule has 3 N–H and O–H groups in total. The smallest absolute Gasteiger partial charge is 0.338 e. The first-order valence-corrected chi connectivity index (χ1v) is 8.37. The quantitative estimate of drug-likeness (QED) is 0.437. The summed E-state index contributed by atoms with van der Waals surface area (Å²) >= 11 is 0. The van der Waals surface area contributed by atoms with Gasteiger partial charge in [-0.05, 0) is 26.3 Å². The Hall–Kier alpha value is -3.36. The van der Waals surface area contributed by atoms with Crippen LogP contribution in [0.25, 0.3) is 0 Å². The van der Waals surface area contributed by atoms with Gasteiger partial charge in [0, 0.05) is 17.8 Å². The molecule has 9 heteroatoms. The zero-order valence-corrected chi connectivity index (χ0v) is 15.3. The highest BCUT2D eigenvalue weighted by Crippen LogP contribution is 2.39. The maximum Gasteiger partial charge on any atom is 0.338 e. The van der Waals surface area contributed by atoms with Crippen LogP contribution in [0.4, 0.5) is 5.69 Å². The van der Waals surface area contributed by atoms with Crippen LogP contribution in [-0.2, 0) is 19.1 Å². The van der Waals surface area contributed by atoms with Crippen molar-refractivity contribution in [1.82, 2.24) is 5.32 Å². The Morgan fingerprint density at radius 2 is 1.78 bits per heavy atom. The molecule has 27 heavy (non-hydrogen) atoms. The second-order valence-corrected chi connectivity index (χ2v) is 5.72. The number of ether oxygens (including phenoxy) is 2. The fourth-order valence-electron chi connectivity index (χ4n) is 2.92. The van der Waals surface area contributed by atoms with Crippen LogP contribution in [0.5, 0.6) is 0 Å². The average Bonchev–Trinajstić information content (AvgIpc) is 2.61. The number of rotatable bonds is 6. The monoisotopic (exact) mass is 375 g/mol. The van der Waals surface area contributed by atoms with E-state index in [2.05, 4.69) is 5.32 Å². The van der Waals surface area contributed by atoms with Crippen LogP contribution in [0.3, 0.4) is 0 Å². The zero-order chi connectivity index (χ0) is 20.1. The third-order valence-corrected chi connectivity index (χ3v) is 4.00. The molecular weight excluding hydrogens is 354 g/mol. The third kappa shape index (κ3) is 4.08. The van der Waals surface area contributed by atoms with Crippen molar-refractivity contribution < 1.29 is 24.0 Å². The number of hydrogen-bond donors (Lipinski definition) is 2. The number of esters is 2. The van der Waals surface area contributed by atoms with Gasteiger partial charge in [0.2, 0.25) is 0 Å². The van der Waals surface area contributed by atoms with Crippen LogP contribution in [0.15, 0.2) is 46.9 Å². The lowest BCUT2D eigenvalue weighted by atomic mass is 9.81. The summed E-state index contributed by atoms with van der Waals surface area (Å²) in [5, 5.41) is 14.0. The van der Waals surface area contributed by atoms with Crippen LogP contribution >= 0.6 is 0 Å². The molecule has 1 aliphatic heterocycles. The van der Waals surface area contributed by atoms with Gasteiger partial charge in [0.05, 0.1) is 35.2 Å². The summed E-state index contributed by atoms with van der Waals surface area (Å²) in [7, 11) is 0. The molecule has 9 nitrogen and oxygen atoms in total. The highest BCUT2D eigenvalue weighted by molar-refractivity contribution is 5.99. The minimum Gasteiger partial charge on any atom is -0.463 e. The summed E-state index contributed by atoms with van der Waals surface area (Å²) < 4.78 is 10.2. The van der Waals surface area contributed by atoms with Crippen LogP contribution in [-0.4, -0.2) is 30.1 Å². The number of benzene rings is 1. The minimum absolute atomic E-state index is 0.00556. The Labute approximate surface area is 156 Å². The van der Waals surface area contributed by atoms with Gasteiger partial charge in [-0.25, -0.2) is 9.59 Å². The van der Waals surface area contributed by atoms with Crippen LogP contribution < -0.4 is 11.1 Å². The highest BCUT2D eigenvalue weighted by Gasteiger charge is 2.38. The van der Waals surface area contributed by atoms with Gasteiger partial charge in [0.25, 0.3) is 5.69 Å². The van der Waals surface area contributed by atoms with E-state index >= 15 is 0 Å². The third-order valence-electron chi connectivity index (χ3n) is 4.00. The summed E-state index contributed by atoms with van der Waals surface area (Å²) in [6.45, 7) is 5.15. The minimum atomic E-state index is -0.954. The predicted octanol–water partition coefficient (Wildman–Crippen LogP) is 1.85. The standard InChI is InChI=1S/C18H21N3O6/c1-4-26-17(22)13-10(3)20-16(19)15(18(23)27-5-2)14(13)11-7-6-8-12(9-11)21(24)25/h6-9,14,20H,4-5,19H2,1-3H3/t14-/m1/s1. The number of non-ortho nitro benzene ring substituents is 1. The molecule has 1 atom stereocenters. The molecule has 0 bridgehead atoms. The average molecular weight is 375 g/mol. The topological polar surface area (TPSA) is 134 Å². The van der Waals surface area contributed by atoms with Crippen molar-refractivity contribution in [3.05, 3.63) is 62.6 Å². The van der Waals surface area contributed by atoms with E-state index in [0.717, 1.165) is 0 Å². The number of nitrogens with one attached hydrogen (secondary N) is 1. The largest absolute Gasteiger partial charge is 0.463 e. The molecule has 1 aliphatic rings.